The minimum absolute atomic E-state index is 0.226. The van der Waals surface area contributed by atoms with E-state index < -0.39 is 0 Å². The lowest BCUT2D eigenvalue weighted by Crippen LogP contribution is -2.59. The molecule has 3 heteroatoms. The van der Waals surface area contributed by atoms with E-state index in [0.29, 0.717) is 18.1 Å². The smallest absolute Gasteiger partial charge is 0.0986 e. The lowest BCUT2D eigenvalue weighted by atomic mass is 9.85. The largest absolute Gasteiger partial charge is 0.377 e. The molecule has 0 heterocycles. The van der Waals surface area contributed by atoms with E-state index in [1.807, 2.05) is 7.05 Å². The van der Waals surface area contributed by atoms with Crippen LogP contribution in [0.3, 0.4) is 0 Å². The fourth-order valence-electron chi connectivity index (χ4n) is 2.33. The summed E-state index contributed by atoms with van der Waals surface area (Å²) in [5.41, 5.74) is 0. The molecule has 1 aliphatic rings. The third-order valence-corrected chi connectivity index (χ3v) is 3.10. The standard InChI is InChI=1S/C12H25NO2/c1-8(2)6-9(3)15-11-7-10(13-4)12(11)14-5/h8-13H,6-7H2,1-5H3. The zero-order valence-corrected chi connectivity index (χ0v) is 10.6. The van der Waals surface area contributed by atoms with Crippen molar-refractivity contribution in [3.8, 4) is 0 Å². The molecule has 90 valence electrons. The zero-order valence-electron chi connectivity index (χ0n) is 10.6. The Balaban J connectivity index is 2.28. The van der Waals surface area contributed by atoms with Crippen molar-refractivity contribution >= 4 is 0 Å². The molecule has 0 amide bonds. The monoisotopic (exact) mass is 215 g/mol. The second kappa shape index (κ2) is 5.83. The number of rotatable bonds is 6. The Hall–Kier alpha value is -0.120. The quantitative estimate of drug-likeness (QED) is 0.733. The summed E-state index contributed by atoms with van der Waals surface area (Å²) in [7, 11) is 3.74. The van der Waals surface area contributed by atoms with E-state index in [-0.39, 0.29) is 12.2 Å². The second-order valence-corrected chi connectivity index (χ2v) is 4.95. The summed E-state index contributed by atoms with van der Waals surface area (Å²) in [5, 5.41) is 3.24. The van der Waals surface area contributed by atoms with Crippen molar-refractivity contribution in [2.75, 3.05) is 14.2 Å². The van der Waals surface area contributed by atoms with Crippen molar-refractivity contribution in [1.82, 2.24) is 5.32 Å². The van der Waals surface area contributed by atoms with Crippen molar-refractivity contribution in [3.63, 3.8) is 0 Å². The van der Waals surface area contributed by atoms with Gasteiger partial charge in [-0.25, -0.2) is 0 Å². The number of methoxy groups -OCH3 is 1. The Labute approximate surface area is 93.5 Å². The molecule has 1 aliphatic carbocycles. The zero-order chi connectivity index (χ0) is 11.4. The lowest BCUT2D eigenvalue weighted by Gasteiger charge is -2.44. The maximum Gasteiger partial charge on any atom is 0.0986 e. The Morgan fingerprint density at radius 1 is 1.33 bits per heavy atom. The van der Waals surface area contributed by atoms with Crippen molar-refractivity contribution in [2.45, 2.75) is 58.0 Å². The van der Waals surface area contributed by atoms with E-state index in [2.05, 4.69) is 26.1 Å². The van der Waals surface area contributed by atoms with Crippen molar-refractivity contribution in [3.05, 3.63) is 0 Å². The molecule has 15 heavy (non-hydrogen) atoms. The summed E-state index contributed by atoms with van der Waals surface area (Å²) < 4.78 is 11.4. The lowest BCUT2D eigenvalue weighted by molar-refractivity contribution is -0.155. The van der Waals surface area contributed by atoms with Gasteiger partial charge in [0, 0.05) is 13.2 Å². The summed E-state index contributed by atoms with van der Waals surface area (Å²) >= 11 is 0. The molecule has 1 N–H and O–H groups in total. The van der Waals surface area contributed by atoms with Crippen molar-refractivity contribution < 1.29 is 9.47 Å². The molecule has 0 spiro atoms. The predicted octanol–water partition coefficient (Wildman–Crippen LogP) is 1.81. The molecule has 1 saturated carbocycles. The molecule has 3 nitrogen and oxygen atoms in total. The number of nitrogens with one attached hydrogen (secondary N) is 1. The maximum atomic E-state index is 5.97. The maximum absolute atomic E-state index is 5.97. The van der Waals surface area contributed by atoms with Gasteiger partial charge in [-0.3, -0.25) is 0 Å². The van der Waals surface area contributed by atoms with E-state index in [1.54, 1.807) is 7.11 Å². The van der Waals surface area contributed by atoms with Gasteiger partial charge in [0.25, 0.3) is 0 Å². The van der Waals surface area contributed by atoms with Gasteiger partial charge in [0.15, 0.2) is 0 Å². The molecule has 0 aliphatic heterocycles. The fraction of sp³-hybridized carbons (Fsp3) is 1.00. The Kier molecular flexibility index (Phi) is 5.03. The molecule has 4 unspecified atom stereocenters. The first-order chi connectivity index (χ1) is 7.08. The number of likely N-dealkylation sites (N-methyl/N-ethyl adjacent to an activating group) is 1. The first kappa shape index (κ1) is 12.9. The van der Waals surface area contributed by atoms with E-state index in [1.165, 1.54) is 0 Å². The average Bonchev–Trinajstić information content (AvgIpc) is 2.11. The van der Waals surface area contributed by atoms with Crippen LogP contribution < -0.4 is 5.32 Å². The molecule has 1 fully saturated rings. The first-order valence-corrected chi connectivity index (χ1v) is 5.94. The molecule has 0 aromatic carbocycles. The van der Waals surface area contributed by atoms with Gasteiger partial charge >= 0.3 is 0 Å². The first-order valence-electron chi connectivity index (χ1n) is 5.94. The van der Waals surface area contributed by atoms with Gasteiger partial charge < -0.3 is 14.8 Å². The van der Waals surface area contributed by atoms with Crippen LogP contribution in [0.1, 0.15) is 33.6 Å². The third kappa shape index (κ3) is 3.44. The van der Waals surface area contributed by atoms with Gasteiger partial charge in [-0.2, -0.15) is 0 Å². The fourth-order valence-corrected chi connectivity index (χ4v) is 2.33. The van der Waals surface area contributed by atoms with Crippen LogP contribution in [0.2, 0.25) is 0 Å². The third-order valence-electron chi connectivity index (χ3n) is 3.10. The number of ether oxygens (including phenoxy) is 2. The molecule has 0 saturated heterocycles. The highest BCUT2D eigenvalue weighted by atomic mass is 16.5. The van der Waals surface area contributed by atoms with Crippen LogP contribution in [0.25, 0.3) is 0 Å². The molecular formula is C12H25NO2. The van der Waals surface area contributed by atoms with E-state index >= 15 is 0 Å². The molecule has 0 aromatic heterocycles. The van der Waals surface area contributed by atoms with Crippen LogP contribution in [0.4, 0.5) is 0 Å². The highest BCUT2D eigenvalue weighted by Gasteiger charge is 2.42. The van der Waals surface area contributed by atoms with Gasteiger partial charge in [0.1, 0.15) is 0 Å². The summed E-state index contributed by atoms with van der Waals surface area (Å²) in [6.45, 7) is 6.61. The number of hydrogen-bond acceptors (Lipinski definition) is 3. The summed E-state index contributed by atoms with van der Waals surface area (Å²) in [4.78, 5) is 0. The Bertz CT molecular complexity index is 184. The molecule has 4 atom stereocenters. The van der Waals surface area contributed by atoms with Crippen LogP contribution in [0.5, 0.6) is 0 Å². The molecule has 1 rings (SSSR count). The van der Waals surface area contributed by atoms with Gasteiger partial charge in [0.05, 0.1) is 18.3 Å². The van der Waals surface area contributed by atoms with Crippen LogP contribution in [-0.4, -0.2) is 38.5 Å². The minimum atomic E-state index is 0.226. The molecule has 0 aromatic rings. The highest BCUT2D eigenvalue weighted by Crippen LogP contribution is 2.28. The van der Waals surface area contributed by atoms with Gasteiger partial charge in [-0.1, -0.05) is 13.8 Å². The second-order valence-electron chi connectivity index (χ2n) is 4.95. The molecular weight excluding hydrogens is 190 g/mol. The van der Waals surface area contributed by atoms with Gasteiger partial charge in [0.2, 0.25) is 0 Å². The average molecular weight is 215 g/mol. The van der Waals surface area contributed by atoms with Crippen LogP contribution in [-0.2, 0) is 9.47 Å². The van der Waals surface area contributed by atoms with Crippen molar-refractivity contribution in [1.29, 1.82) is 0 Å². The topological polar surface area (TPSA) is 30.5 Å². The van der Waals surface area contributed by atoms with Crippen LogP contribution in [0.15, 0.2) is 0 Å². The Morgan fingerprint density at radius 3 is 2.47 bits per heavy atom. The molecule has 0 radical (unpaired) electrons. The highest BCUT2D eigenvalue weighted by molar-refractivity contribution is 4.96. The van der Waals surface area contributed by atoms with E-state index in [4.69, 9.17) is 9.47 Å². The van der Waals surface area contributed by atoms with E-state index in [9.17, 15) is 0 Å². The summed E-state index contributed by atoms with van der Waals surface area (Å²) in [6.07, 6.45) is 3.03. The molecule has 0 bridgehead atoms. The van der Waals surface area contributed by atoms with E-state index in [0.717, 1.165) is 12.8 Å². The van der Waals surface area contributed by atoms with Crippen LogP contribution in [0, 0.1) is 5.92 Å². The Morgan fingerprint density at radius 2 is 2.00 bits per heavy atom. The van der Waals surface area contributed by atoms with Crippen molar-refractivity contribution in [2.24, 2.45) is 5.92 Å². The number of hydrogen-bond donors (Lipinski definition) is 1. The normalized spacial score (nSPS) is 32.8. The minimum Gasteiger partial charge on any atom is -0.377 e. The predicted molar refractivity (Wildman–Crippen MR) is 62.1 cm³/mol. The summed E-state index contributed by atoms with van der Waals surface area (Å²) in [6, 6.07) is 0.464. The van der Waals surface area contributed by atoms with Gasteiger partial charge in [-0.15, -0.1) is 0 Å². The SMILES string of the molecule is CNC1CC(OC(C)CC(C)C)C1OC. The van der Waals surface area contributed by atoms with Crippen LogP contribution >= 0.6 is 0 Å². The van der Waals surface area contributed by atoms with Gasteiger partial charge in [-0.05, 0) is 32.7 Å². The summed E-state index contributed by atoms with van der Waals surface area (Å²) in [5.74, 6) is 0.696.